The predicted molar refractivity (Wildman–Crippen MR) is 90.3 cm³/mol. The number of aromatic nitrogens is 1. The molecule has 4 amide bonds. The van der Waals surface area contributed by atoms with Crippen molar-refractivity contribution in [2.24, 2.45) is 0 Å². The first-order chi connectivity index (χ1) is 12.0. The van der Waals surface area contributed by atoms with E-state index in [0.29, 0.717) is 13.0 Å². The lowest BCUT2D eigenvalue weighted by Gasteiger charge is -2.09. The van der Waals surface area contributed by atoms with Crippen molar-refractivity contribution in [1.29, 1.82) is 0 Å². The predicted octanol–water partition coefficient (Wildman–Crippen LogP) is 1.24. The molecule has 0 spiro atoms. The van der Waals surface area contributed by atoms with Crippen LogP contribution in [0.25, 0.3) is 0 Å². The second-order valence-electron chi connectivity index (χ2n) is 4.86. The molecule has 0 fully saturated rings. The molecule has 0 saturated carbocycles. The highest BCUT2D eigenvalue weighted by molar-refractivity contribution is 7.15. The van der Waals surface area contributed by atoms with Gasteiger partial charge in [0.05, 0.1) is 12.7 Å². The fraction of sp³-hybridized carbons (Fsp3) is 0.214. The molecular formula is C14H12N4O5S2. The molecule has 11 heteroatoms. The van der Waals surface area contributed by atoms with Crippen molar-refractivity contribution in [3.05, 3.63) is 32.6 Å². The molecule has 0 unspecified atom stereocenters. The first-order valence-electron chi connectivity index (χ1n) is 7.05. The van der Waals surface area contributed by atoms with Crippen LogP contribution in [-0.2, 0) is 11.2 Å². The summed E-state index contributed by atoms with van der Waals surface area (Å²) in [6, 6.07) is 1.47. The Morgan fingerprint density at radius 1 is 1.32 bits per heavy atom. The maximum atomic E-state index is 12.4. The minimum absolute atomic E-state index is 0.128. The number of anilines is 1. The van der Waals surface area contributed by atoms with Crippen LogP contribution in [0, 0.1) is 0 Å². The number of nitrogens with one attached hydrogen (secondary N) is 3. The maximum Gasteiger partial charge on any atom is 0.413 e. The third-order valence-corrected chi connectivity index (χ3v) is 5.23. The quantitative estimate of drug-likeness (QED) is 0.735. The Labute approximate surface area is 149 Å². The fourth-order valence-corrected chi connectivity index (χ4v) is 3.85. The van der Waals surface area contributed by atoms with Gasteiger partial charge >= 0.3 is 6.09 Å². The number of imide groups is 1. The van der Waals surface area contributed by atoms with Crippen LogP contribution in [0.4, 0.5) is 9.80 Å². The van der Waals surface area contributed by atoms with Gasteiger partial charge in [0.25, 0.3) is 17.7 Å². The highest BCUT2D eigenvalue weighted by Crippen LogP contribution is 2.26. The number of carbonyl (C=O) groups excluding carboxylic acids is 4. The van der Waals surface area contributed by atoms with Gasteiger partial charge in [-0.05, 0) is 11.4 Å². The van der Waals surface area contributed by atoms with Crippen molar-refractivity contribution in [2.75, 3.05) is 19.0 Å². The van der Waals surface area contributed by atoms with Crippen LogP contribution in [0.2, 0.25) is 0 Å². The molecule has 3 heterocycles. The van der Waals surface area contributed by atoms with Crippen molar-refractivity contribution < 1.29 is 23.9 Å². The van der Waals surface area contributed by atoms with Crippen LogP contribution < -0.4 is 16.0 Å². The molecule has 2 aromatic rings. The molecule has 0 aromatic carbocycles. The first kappa shape index (κ1) is 17.0. The average Bonchev–Trinajstić information content (AvgIpc) is 3.22. The lowest BCUT2D eigenvalue weighted by Crippen LogP contribution is -2.31. The topological polar surface area (TPSA) is 126 Å². The van der Waals surface area contributed by atoms with Crippen molar-refractivity contribution in [1.82, 2.24) is 15.6 Å². The van der Waals surface area contributed by atoms with Crippen LogP contribution >= 0.6 is 22.7 Å². The lowest BCUT2D eigenvalue weighted by molar-refractivity contribution is 0.0930. The fourth-order valence-electron chi connectivity index (χ4n) is 2.12. The number of methoxy groups -OCH3 is 1. The number of alkyl carbamates (subject to hydrolysis) is 1. The van der Waals surface area contributed by atoms with E-state index in [9.17, 15) is 19.2 Å². The van der Waals surface area contributed by atoms with E-state index in [2.05, 4.69) is 20.4 Å². The third kappa shape index (κ3) is 3.51. The van der Waals surface area contributed by atoms with E-state index < -0.39 is 17.9 Å². The molecule has 1 aliphatic rings. The van der Waals surface area contributed by atoms with Crippen molar-refractivity contribution in [2.45, 2.75) is 6.42 Å². The zero-order valence-electron chi connectivity index (χ0n) is 12.9. The van der Waals surface area contributed by atoms with E-state index in [1.54, 1.807) is 5.38 Å². The molecular weight excluding hydrogens is 368 g/mol. The summed E-state index contributed by atoms with van der Waals surface area (Å²) in [5, 5.41) is 9.27. The van der Waals surface area contributed by atoms with Gasteiger partial charge < -0.3 is 15.4 Å². The molecule has 3 rings (SSSR count). The Morgan fingerprint density at radius 2 is 2.12 bits per heavy atom. The van der Waals surface area contributed by atoms with E-state index in [4.69, 9.17) is 0 Å². The van der Waals surface area contributed by atoms with Crippen molar-refractivity contribution in [3.63, 3.8) is 0 Å². The molecule has 9 nitrogen and oxygen atoms in total. The Bertz CT molecular complexity index is 872. The van der Waals surface area contributed by atoms with Gasteiger partial charge in [-0.1, -0.05) is 0 Å². The molecule has 0 radical (unpaired) electrons. The molecule has 1 aliphatic heterocycles. The molecule has 25 heavy (non-hydrogen) atoms. The number of thiazole rings is 1. The zero-order valence-corrected chi connectivity index (χ0v) is 14.5. The summed E-state index contributed by atoms with van der Waals surface area (Å²) in [6.07, 6.45) is -0.273. The van der Waals surface area contributed by atoms with Crippen LogP contribution in [0.3, 0.4) is 0 Å². The van der Waals surface area contributed by atoms with Gasteiger partial charge in [-0.25, -0.2) is 9.78 Å². The second kappa shape index (κ2) is 6.99. The highest BCUT2D eigenvalue weighted by Gasteiger charge is 2.25. The Hall–Kier alpha value is -2.79. The van der Waals surface area contributed by atoms with Gasteiger partial charge in [-0.3, -0.25) is 19.7 Å². The number of ether oxygens (including phenoxy) is 1. The molecule has 0 saturated heterocycles. The molecule has 0 bridgehead atoms. The van der Waals surface area contributed by atoms with Gasteiger partial charge in [0.2, 0.25) is 0 Å². The SMILES string of the molecule is COC(=O)NC(=O)c1ccsc1NC(=O)c1nc2c(s1)CCNC2=O. The smallest absolute Gasteiger partial charge is 0.413 e. The van der Waals surface area contributed by atoms with Crippen molar-refractivity contribution >= 4 is 51.5 Å². The number of hydrogen-bond donors (Lipinski definition) is 3. The summed E-state index contributed by atoms with van der Waals surface area (Å²) in [4.78, 5) is 52.0. The number of amides is 4. The third-order valence-electron chi connectivity index (χ3n) is 3.28. The normalized spacial score (nSPS) is 12.8. The van der Waals surface area contributed by atoms with E-state index >= 15 is 0 Å². The number of fused-ring (bicyclic) bond motifs is 1. The molecule has 2 aromatic heterocycles. The Kier molecular flexibility index (Phi) is 4.76. The summed E-state index contributed by atoms with van der Waals surface area (Å²) in [7, 11) is 1.14. The van der Waals surface area contributed by atoms with Gasteiger partial charge in [0.15, 0.2) is 5.01 Å². The van der Waals surface area contributed by atoms with Gasteiger partial charge in [-0.15, -0.1) is 22.7 Å². The van der Waals surface area contributed by atoms with Crippen LogP contribution in [0.15, 0.2) is 11.4 Å². The maximum absolute atomic E-state index is 12.4. The Balaban J connectivity index is 1.76. The van der Waals surface area contributed by atoms with Crippen LogP contribution in [0.1, 0.15) is 35.5 Å². The van der Waals surface area contributed by atoms with E-state index in [0.717, 1.165) is 34.7 Å². The number of nitrogens with zero attached hydrogens (tertiary/aromatic N) is 1. The van der Waals surface area contributed by atoms with Gasteiger partial charge in [0.1, 0.15) is 10.7 Å². The Morgan fingerprint density at radius 3 is 2.84 bits per heavy atom. The monoisotopic (exact) mass is 380 g/mol. The lowest BCUT2D eigenvalue weighted by atomic mass is 10.2. The first-order valence-corrected chi connectivity index (χ1v) is 8.75. The zero-order chi connectivity index (χ0) is 18.0. The summed E-state index contributed by atoms with van der Waals surface area (Å²) in [5.74, 6) is -1.52. The number of rotatable bonds is 3. The standard InChI is InChI=1S/C14H12N4O5S2/c1-23-14(22)18-9(19)6-3-5-24-12(6)17-11(21)13-16-8-7(25-13)2-4-15-10(8)20/h3,5H,2,4H2,1H3,(H,15,20)(H,17,21)(H,18,19,22). The van der Waals surface area contributed by atoms with E-state index in [-0.39, 0.29) is 27.2 Å². The second-order valence-corrected chi connectivity index (χ2v) is 6.86. The van der Waals surface area contributed by atoms with Crippen molar-refractivity contribution in [3.8, 4) is 0 Å². The number of carbonyl (C=O) groups is 4. The van der Waals surface area contributed by atoms with Crippen LogP contribution in [-0.4, -0.2) is 42.5 Å². The van der Waals surface area contributed by atoms with E-state index in [1.807, 2.05) is 5.32 Å². The molecule has 130 valence electrons. The summed E-state index contributed by atoms with van der Waals surface area (Å²) < 4.78 is 4.36. The molecule has 0 aliphatic carbocycles. The summed E-state index contributed by atoms with van der Waals surface area (Å²) >= 11 is 2.27. The van der Waals surface area contributed by atoms with Crippen LogP contribution in [0.5, 0.6) is 0 Å². The largest absolute Gasteiger partial charge is 0.453 e. The average molecular weight is 380 g/mol. The number of thiophene rings is 1. The highest BCUT2D eigenvalue weighted by atomic mass is 32.1. The minimum atomic E-state index is -0.896. The van der Waals surface area contributed by atoms with Gasteiger partial charge in [0, 0.05) is 17.8 Å². The minimum Gasteiger partial charge on any atom is -0.453 e. The van der Waals surface area contributed by atoms with Gasteiger partial charge in [-0.2, -0.15) is 0 Å². The van der Waals surface area contributed by atoms with E-state index in [1.165, 1.54) is 6.07 Å². The molecule has 3 N–H and O–H groups in total. The summed E-state index contributed by atoms with van der Waals surface area (Å²) in [6.45, 7) is 0.512. The number of hydrogen-bond acceptors (Lipinski definition) is 8. The molecule has 0 atom stereocenters. The summed E-state index contributed by atoms with van der Waals surface area (Å²) in [5.41, 5.74) is 0.388.